The fourth-order valence-corrected chi connectivity index (χ4v) is 3.75. The zero-order chi connectivity index (χ0) is 19.1. The van der Waals surface area contributed by atoms with Crippen LogP contribution < -0.4 is 16.0 Å². The van der Waals surface area contributed by atoms with Gasteiger partial charge < -0.3 is 10.6 Å². The summed E-state index contributed by atoms with van der Waals surface area (Å²) >= 11 is 1.29. The van der Waals surface area contributed by atoms with Gasteiger partial charge in [-0.25, -0.2) is 14.2 Å². The van der Waals surface area contributed by atoms with Crippen molar-refractivity contribution < 1.29 is 14.0 Å². The first-order chi connectivity index (χ1) is 13.1. The van der Waals surface area contributed by atoms with Crippen molar-refractivity contribution in [2.75, 3.05) is 5.32 Å². The zero-order valence-electron chi connectivity index (χ0n) is 15.0. The van der Waals surface area contributed by atoms with E-state index < -0.39 is 0 Å². The highest BCUT2D eigenvalue weighted by atomic mass is 32.1. The summed E-state index contributed by atoms with van der Waals surface area (Å²) in [7, 11) is 0. The molecule has 27 heavy (non-hydrogen) atoms. The quantitative estimate of drug-likeness (QED) is 0.705. The lowest BCUT2D eigenvalue weighted by Crippen LogP contribution is -2.39. The summed E-state index contributed by atoms with van der Waals surface area (Å²) in [6.45, 7) is 0.331. The number of anilines is 1. The van der Waals surface area contributed by atoms with Gasteiger partial charge in [-0.3, -0.25) is 10.1 Å². The molecule has 3 N–H and O–H groups in total. The van der Waals surface area contributed by atoms with Gasteiger partial charge in [0.2, 0.25) is 5.91 Å². The van der Waals surface area contributed by atoms with E-state index in [1.54, 1.807) is 17.5 Å². The van der Waals surface area contributed by atoms with Crippen molar-refractivity contribution >= 4 is 28.4 Å². The number of hydrogen-bond donors (Lipinski definition) is 3. The fraction of sp³-hybridized carbons (Fsp3) is 0.421. The molecule has 2 aromatic rings. The number of carbonyl (C=O) groups is 2. The smallest absolute Gasteiger partial charge is 0.321 e. The average Bonchev–Trinajstić information content (AvgIpc) is 3.08. The molecule has 1 fully saturated rings. The van der Waals surface area contributed by atoms with Crippen LogP contribution in [-0.2, 0) is 17.8 Å². The van der Waals surface area contributed by atoms with E-state index in [-0.39, 0.29) is 30.2 Å². The number of halogens is 1. The lowest BCUT2D eigenvalue weighted by molar-refractivity contribution is -0.120. The van der Waals surface area contributed by atoms with Crippen molar-refractivity contribution in [3.63, 3.8) is 0 Å². The van der Waals surface area contributed by atoms with Gasteiger partial charge in [-0.2, -0.15) is 0 Å². The number of rotatable bonds is 6. The summed E-state index contributed by atoms with van der Waals surface area (Å²) in [5.41, 5.74) is 1.43. The van der Waals surface area contributed by atoms with Crippen LogP contribution in [-0.4, -0.2) is 23.0 Å². The minimum absolute atomic E-state index is 0.129. The van der Waals surface area contributed by atoms with Gasteiger partial charge in [0, 0.05) is 18.0 Å². The van der Waals surface area contributed by atoms with Gasteiger partial charge in [-0.15, -0.1) is 11.3 Å². The van der Waals surface area contributed by atoms with Gasteiger partial charge in [0.15, 0.2) is 5.13 Å². The molecule has 0 spiro atoms. The molecule has 1 heterocycles. The second-order valence-corrected chi connectivity index (χ2v) is 7.52. The number of benzene rings is 1. The Morgan fingerprint density at radius 2 is 1.89 bits per heavy atom. The number of urea groups is 1. The second-order valence-electron chi connectivity index (χ2n) is 6.66. The van der Waals surface area contributed by atoms with E-state index in [9.17, 15) is 14.0 Å². The van der Waals surface area contributed by atoms with Crippen molar-refractivity contribution in [2.24, 2.45) is 0 Å². The molecule has 1 aromatic carbocycles. The molecule has 1 aliphatic rings. The molecule has 1 aliphatic carbocycles. The van der Waals surface area contributed by atoms with E-state index in [2.05, 4.69) is 20.9 Å². The standard InChI is InChI=1S/C19H23FN4O2S/c20-14-8-6-13(7-9-14)11-21-17(25)10-16-12-27-19(23-16)24-18(26)22-15-4-2-1-3-5-15/h6-9,12,15H,1-5,10-11H2,(H,21,25)(H2,22,23,24,26). The third-order valence-electron chi connectivity index (χ3n) is 4.46. The Kier molecular flexibility index (Phi) is 6.75. The Hall–Kier alpha value is -2.48. The minimum atomic E-state index is -0.305. The SMILES string of the molecule is O=C(Cc1csc(NC(=O)NC2CCCCC2)n1)NCc1ccc(F)cc1. The maximum Gasteiger partial charge on any atom is 0.321 e. The summed E-state index contributed by atoms with van der Waals surface area (Å²) < 4.78 is 12.9. The van der Waals surface area contributed by atoms with Gasteiger partial charge in [-0.1, -0.05) is 31.4 Å². The number of carbonyl (C=O) groups excluding carboxylic acids is 2. The van der Waals surface area contributed by atoms with Crippen molar-refractivity contribution in [3.8, 4) is 0 Å². The van der Waals surface area contributed by atoms with E-state index in [0.29, 0.717) is 17.4 Å². The van der Waals surface area contributed by atoms with Gasteiger partial charge >= 0.3 is 6.03 Å². The molecule has 0 aliphatic heterocycles. The highest BCUT2D eigenvalue weighted by Crippen LogP contribution is 2.19. The minimum Gasteiger partial charge on any atom is -0.352 e. The van der Waals surface area contributed by atoms with Crippen LogP contribution in [0.1, 0.15) is 43.4 Å². The summed E-state index contributed by atoms with van der Waals surface area (Å²) in [6.07, 6.45) is 5.71. The highest BCUT2D eigenvalue weighted by Gasteiger charge is 2.16. The number of aromatic nitrogens is 1. The van der Waals surface area contributed by atoms with Crippen LogP contribution in [0.5, 0.6) is 0 Å². The van der Waals surface area contributed by atoms with Gasteiger partial charge in [-0.05, 0) is 30.5 Å². The third kappa shape index (κ3) is 6.32. The molecule has 0 saturated heterocycles. The van der Waals surface area contributed by atoms with Crippen molar-refractivity contribution in [2.45, 2.75) is 51.1 Å². The van der Waals surface area contributed by atoms with Crippen LogP contribution in [0, 0.1) is 5.82 Å². The van der Waals surface area contributed by atoms with Crippen molar-refractivity contribution in [3.05, 3.63) is 46.7 Å². The topological polar surface area (TPSA) is 83.1 Å². The largest absolute Gasteiger partial charge is 0.352 e. The Morgan fingerprint density at radius 1 is 1.15 bits per heavy atom. The maximum absolute atomic E-state index is 12.9. The van der Waals surface area contributed by atoms with Crippen LogP contribution in [0.4, 0.5) is 14.3 Å². The predicted molar refractivity (Wildman–Crippen MR) is 103 cm³/mol. The molecule has 3 amide bonds. The third-order valence-corrected chi connectivity index (χ3v) is 5.26. The van der Waals surface area contributed by atoms with Gasteiger partial charge in [0.05, 0.1) is 12.1 Å². The maximum atomic E-state index is 12.9. The Morgan fingerprint density at radius 3 is 2.63 bits per heavy atom. The van der Waals surface area contributed by atoms with E-state index in [1.165, 1.54) is 29.9 Å². The molecule has 6 nitrogen and oxygen atoms in total. The Bertz CT molecular complexity index is 772. The van der Waals surface area contributed by atoms with Crippen LogP contribution in [0.15, 0.2) is 29.6 Å². The van der Waals surface area contributed by atoms with Crippen LogP contribution >= 0.6 is 11.3 Å². The summed E-state index contributed by atoms with van der Waals surface area (Å²) in [5, 5.41) is 10.7. The highest BCUT2D eigenvalue weighted by molar-refractivity contribution is 7.13. The molecule has 8 heteroatoms. The Balaban J connectivity index is 1.42. The second kappa shape index (κ2) is 9.45. The van der Waals surface area contributed by atoms with E-state index in [1.807, 2.05) is 0 Å². The number of nitrogens with one attached hydrogen (secondary N) is 3. The summed E-state index contributed by atoms with van der Waals surface area (Å²) in [4.78, 5) is 28.3. The normalized spacial score (nSPS) is 14.6. The van der Waals surface area contributed by atoms with Crippen LogP contribution in [0.25, 0.3) is 0 Å². The fourth-order valence-electron chi connectivity index (χ4n) is 3.04. The molecular formula is C19H23FN4O2S. The van der Waals surface area contributed by atoms with E-state index >= 15 is 0 Å². The van der Waals surface area contributed by atoms with E-state index in [4.69, 9.17) is 0 Å². The molecule has 144 valence electrons. The molecular weight excluding hydrogens is 367 g/mol. The van der Waals surface area contributed by atoms with Gasteiger partial charge in [0.25, 0.3) is 0 Å². The molecule has 0 bridgehead atoms. The number of nitrogens with zero attached hydrogens (tertiary/aromatic N) is 1. The predicted octanol–water partition coefficient (Wildman–Crippen LogP) is 3.60. The number of amides is 3. The summed E-state index contributed by atoms with van der Waals surface area (Å²) in [5.74, 6) is -0.483. The van der Waals surface area contributed by atoms with Gasteiger partial charge in [0.1, 0.15) is 5.82 Å². The Labute approximate surface area is 161 Å². The number of thiazole rings is 1. The lowest BCUT2D eigenvalue weighted by Gasteiger charge is -2.22. The lowest BCUT2D eigenvalue weighted by atomic mass is 9.96. The molecule has 3 rings (SSSR count). The van der Waals surface area contributed by atoms with Crippen molar-refractivity contribution in [1.82, 2.24) is 15.6 Å². The molecule has 0 unspecified atom stereocenters. The first kappa shape index (κ1) is 19.3. The molecule has 0 atom stereocenters. The average molecular weight is 390 g/mol. The van der Waals surface area contributed by atoms with Crippen LogP contribution in [0.2, 0.25) is 0 Å². The van der Waals surface area contributed by atoms with E-state index in [0.717, 1.165) is 31.2 Å². The first-order valence-corrected chi connectivity index (χ1v) is 9.99. The monoisotopic (exact) mass is 390 g/mol. The molecule has 1 saturated carbocycles. The number of hydrogen-bond acceptors (Lipinski definition) is 4. The molecule has 0 radical (unpaired) electrons. The molecule has 1 aromatic heterocycles. The zero-order valence-corrected chi connectivity index (χ0v) is 15.8. The first-order valence-electron chi connectivity index (χ1n) is 9.11. The van der Waals surface area contributed by atoms with Crippen molar-refractivity contribution in [1.29, 1.82) is 0 Å². The van der Waals surface area contributed by atoms with Crippen LogP contribution in [0.3, 0.4) is 0 Å². The summed E-state index contributed by atoms with van der Waals surface area (Å²) in [6, 6.07) is 5.96.